The van der Waals surface area contributed by atoms with Crippen LogP contribution in [0.5, 0.6) is 11.5 Å². The van der Waals surface area contributed by atoms with Gasteiger partial charge in [0.05, 0.1) is 18.4 Å². The maximum absolute atomic E-state index is 11.6. The molecule has 132 valence electrons. The van der Waals surface area contributed by atoms with Crippen molar-refractivity contribution in [2.24, 2.45) is 0 Å². The minimum absolute atomic E-state index is 0.183. The standard InChI is InChI=1S/C19H22N2O4/c1-5-10-20-19(22)9-7-15-6-8-17(18(11-15)23-4)24-12-16-13(2)21-25-14(16)3/h5-9,11H,1,10,12H2,2-4H3,(H,20,22)/b9-7+. The SMILES string of the molecule is C=CCNC(=O)/C=C/c1ccc(OCc2c(C)noc2C)c(OC)c1. The summed E-state index contributed by atoms with van der Waals surface area (Å²) in [6.45, 7) is 8.05. The number of hydrogen-bond donors (Lipinski definition) is 1. The highest BCUT2D eigenvalue weighted by atomic mass is 16.5. The Morgan fingerprint density at radius 2 is 2.16 bits per heavy atom. The first-order valence-corrected chi connectivity index (χ1v) is 7.84. The van der Waals surface area contributed by atoms with Gasteiger partial charge in [-0.25, -0.2) is 0 Å². The van der Waals surface area contributed by atoms with E-state index >= 15 is 0 Å². The van der Waals surface area contributed by atoms with Gasteiger partial charge in [0.15, 0.2) is 11.5 Å². The zero-order valence-electron chi connectivity index (χ0n) is 14.7. The van der Waals surface area contributed by atoms with E-state index in [-0.39, 0.29) is 5.91 Å². The maximum Gasteiger partial charge on any atom is 0.244 e. The molecule has 0 aliphatic carbocycles. The third-order valence-corrected chi connectivity index (χ3v) is 3.59. The van der Waals surface area contributed by atoms with Gasteiger partial charge < -0.3 is 19.3 Å². The summed E-state index contributed by atoms with van der Waals surface area (Å²) in [7, 11) is 1.57. The van der Waals surface area contributed by atoms with Gasteiger partial charge in [0.2, 0.25) is 5.91 Å². The summed E-state index contributed by atoms with van der Waals surface area (Å²) >= 11 is 0. The Hall–Kier alpha value is -3.02. The third kappa shape index (κ3) is 4.97. The van der Waals surface area contributed by atoms with Crippen LogP contribution >= 0.6 is 0 Å². The van der Waals surface area contributed by atoms with Crippen LogP contribution in [0.4, 0.5) is 0 Å². The predicted octanol–water partition coefficient (Wildman–Crippen LogP) is 3.19. The Morgan fingerprint density at radius 1 is 1.36 bits per heavy atom. The van der Waals surface area contributed by atoms with E-state index in [9.17, 15) is 4.79 Å². The summed E-state index contributed by atoms with van der Waals surface area (Å²) in [5.74, 6) is 1.75. The number of aromatic nitrogens is 1. The summed E-state index contributed by atoms with van der Waals surface area (Å²) in [4.78, 5) is 11.6. The van der Waals surface area contributed by atoms with Crippen LogP contribution in [0.2, 0.25) is 0 Å². The first-order valence-electron chi connectivity index (χ1n) is 7.84. The normalized spacial score (nSPS) is 10.7. The number of hydrogen-bond acceptors (Lipinski definition) is 5. The lowest BCUT2D eigenvalue weighted by molar-refractivity contribution is -0.116. The van der Waals surface area contributed by atoms with Gasteiger partial charge in [-0.2, -0.15) is 0 Å². The summed E-state index contributed by atoms with van der Waals surface area (Å²) in [6.07, 6.45) is 4.79. The zero-order chi connectivity index (χ0) is 18.2. The first kappa shape index (κ1) is 18.3. The number of rotatable bonds is 8. The van der Waals surface area contributed by atoms with Gasteiger partial charge in [-0.3, -0.25) is 4.79 Å². The number of carbonyl (C=O) groups excluding carboxylic acids is 1. The number of methoxy groups -OCH3 is 1. The number of nitrogens with zero attached hydrogens (tertiary/aromatic N) is 1. The molecule has 6 heteroatoms. The highest BCUT2D eigenvalue weighted by Gasteiger charge is 2.11. The minimum atomic E-state index is -0.183. The van der Waals surface area contributed by atoms with Gasteiger partial charge in [-0.15, -0.1) is 6.58 Å². The zero-order valence-corrected chi connectivity index (χ0v) is 14.7. The highest BCUT2D eigenvalue weighted by Crippen LogP contribution is 2.30. The number of carbonyl (C=O) groups is 1. The number of ether oxygens (including phenoxy) is 2. The molecule has 1 N–H and O–H groups in total. The second kappa shape index (κ2) is 8.73. The average molecular weight is 342 g/mol. The van der Waals surface area contributed by atoms with E-state index in [1.165, 1.54) is 6.08 Å². The van der Waals surface area contributed by atoms with Crippen LogP contribution in [0.1, 0.15) is 22.6 Å². The van der Waals surface area contributed by atoms with Crippen LogP contribution in [-0.4, -0.2) is 24.7 Å². The van der Waals surface area contributed by atoms with Crippen molar-refractivity contribution in [3.05, 3.63) is 59.5 Å². The molecular weight excluding hydrogens is 320 g/mol. The monoisotopic (exact) mass is 342 g/mol. The second-order valence-electron chi connectivity index (χ2n) is 5.37. The molecule has 0 aliphatic heterocycles. The summed E-state index contributed by atoms with van der Waals surface area (Å²) < 4.78 is 16.3. The van der Waals surface area contributed by atoms with Gasteiger partial charge in [0.1, 0.15) is 12.4 Å². The van der Waals surface area contributed by atoms with E-state index < -0.39 is 0 Å². The molecule has 0 spiro atoms. The van der Waals surface area contributed by atoms with Crippen molar-refractivity contribution in [3.8, 4) is 11.5 Å². The molecule has 6 nitrogen and oxygen atoms in total. The molecule has 0 fully saturated rings. The van der Waals surface area contributed by atoms with Crippen molar-refractivity contribution in [1.29, 1.82) is 0 Å². The van der Waals surface area contributed by atoms with Crippen molar-refractivity contribution in [2.75, 3.05) is 13.7 Å². The molecule has 1 aromatic heterocycles. The van der Waals surface area contributed by atoms with Crippen molar-refractivity contribution in [2.45, 2.75) is 20.5 Å². The lowest BCUT2D eigenvalue weighted by Crippen LogP contribution is -2.20. The smallest absolute Gasteiger partial charge is 0.244 e. The highest BCUT2D eigenvalue weighted by molar-refractivity contribution is 5.91. The molecule has 0 aliphatic rings. The minimum Gasteiger partial charge on any atom is -0.493 e. The van der Waals surface area contributed by atoms with Gasteiger partial charge >= 0.3 is 0 Å². The third-order valence-electron chi connectivity index (χ3n) is 3.59. The predicted molar refractivity (Wildman–Crippen MR) is 95.5 cm³/mol. The van der Waals surface area contributed by atoms with Crippen LogP contribution in [-0.2, 0) is 11.4 Å². The van der Waals surface area contributed by atoms with Gasteiger partial charge in [0.25, 0.3) is 0 Å². The van der Waals surface area contributed by atoms with Crippen molar-refractivity contribution in [1.82, 2.24) is 10.5 Å². The molecule has 0 saturated heterocycles. The lowest BCUT2D eigenvalue weighted by atomic mass is 10.2. The molecule has 2 aromatic rings. The second-order valence-corrected chi connectivity index (χ2v) is 5.37. The van der Waals surface area contributed by atoms with E-state index in [1.807, 2.05) is 19.9 Å². The number of benzene rings is 1. The van der Waals surface area contributed by atoms with Crippen molar-refractivity contribution < 1.29 is 18.8 Å². The quantitative estimate of drug-likeness (QED) is 0.589. The fraction of sp³-hybridized carbons (Fsp3) is 0.263. The van der Waals surface area contributed by atoms with E-state index in [0.717, 1.165) is 22.6 Å². The largest absolute Gasteiger partial charge is 0.493 e. The Kier molecular flexibility index (Phi) is 6.39. The van der Waals surface area contributed by atoms with E-state index in [1.54, 1.807) is 31.4 Å². The molecule has 25 heavy (non-hydrogen) atoms. The molecule has 1 aromatic carbocycles. The van der Waals surface area contributed by atoms with Crippen LogP contribution in [0.15, 0.2) is 41.5 Å². The molecule has 0 unspecified atom stereocenters. The fourth-order valence-electron chi connectivity index (χ4n) is 2.17. The first-order chi connectivity index (χ1) is 12.0. The van der Waals surface area contributed by atoms with Crippen LogP contribution in [0.3, 0.4) is 0 Å². The Morgan fingerprint density at radius 3 is 2.80 bits per heavy atom. The molecule has 0 radical (unpaired) electrons. The molecule has 0 saturated carbocycles. The summed E-state index contributed by atoms with van der Waals surface area (Å²) in [6, 6.07) is 5.46. The fourth-order valence-corrected chi connectivity index (χ4v) is 2.17. The molecule has 2 rings (SSSR count). The molecule has 1 amide bonds. The Bertz CT molecular complexity index is 758. The van der Waals surface area contributed by atoms with Crippen molar-refractivity contribution in [3.63, 3.8) is 0 Å². The van der Waals surface area contributed by atoms with Crippen molar-refractivity contribution >= 4 is 12.0 Å². The topological polar surface area (TPSA) is 73.6 Å². The number of aryl methyl sites for hydroxylation is 2. The van der Waals surface area contributed by atoms with Gasteiger partial charge in [-0.05, 0) is 37.6 Å². The van der Waals surface area contributed by atoms with E-state index in [0.29, 0.717) is 24.7 Å². The molecule has 0 bridgehead atoms. The molecule has 0 atom stereocenters. The average Bonchev–Trinajstić information content (AvgIpc) is 2.94. The Balaban J connectivity index is 2.07. The lowest BCUT2D eigenvalue weighted by Gasteiger charge is -2.11. The van der Waals surface area contributed by atoms with Gasteiger partial charge in [-0.1, -0.05) is 17.3 Å². The summed E-state index contributed by atoms with van der Waals surface area (Å²) in [5, 5.41) is 6.58. The number of amides is 1. The van der Waals surface area contributed by atoms with E-state index in [4.69, 9.17) is 14.0 Å². The number of nitrogens with one attached hydrogen (secondary N) is 1. The van der Waals surface area contributed by atoms with Gasteiger partial charge in [0, 0.05) is 12.6 Å². The molecular formula is C19H22N2O4. The van der Waals surface area contributed by atoms with Crippen LogP contribution in [0, 0.1) is 13.8 Å². The van der Waals surface area contributed by atoms with Crippen LogP contribution < -0.4 is 14.8 Å². The molecule has 1 heterocycles. The van der Waals surface area contributed by atoms with Crippen LogP contribution in [0.25, 0.3) is 6.08 Å². The maximum atomic E-state index is 11.6. The van der Waals surface area contributed by atoms with E-state index in [2.05, 4.69) is 17.1 Å². The summed E-state index contributed by atoms with van der Waals surface area (Å²) in [5.41, 5.74) is 2.56. The Labute approximate surface area is 147 Å².